The quantitative estimate of drug-likeness (QED) is 0.841. The third-order valence-electron chi connectivity index (χ3n) is 1.87. The van der Waals surface area contributed by atoms with Crippen LogP contribution < -0.4 is 5.73 Å². The predicted octanol–water partition coefficient (Wildman–Crippen LogP) is 2.60. The first-order chi connectivity index (χ1) is 7.24. The molecule has 0 amide bonds. The van der Waals surface area contributed by atoms with Gasteiger partial charge < -0.3 is 5.73 Å². The summed E-state index contributed by atoms with van der Waals surface area (Å²) in [6, 6.07) is 5.91. The van der Waals surface area contributed by atoms with E-state index < -0.39 is 0 Å². The number of aromatic nitrogens is 2. The van der Waals surface area contributed by atoms with E-state index in [-0.39, 0.29) is 0 Å². The first-order valence-electron chi connectivity index (χ1n) is 4.57. The van der Waals surface area contributed by atoms with Crippen LogP contribution in [0.15, 0.2) is 23.6 Å². The molecule has 2 N–H and O–H groups in total. The fourth-order valence-corrected chi connectivity index (χ4v) is 1.74. The Morgan fingerprint density at radius 3 is 2.67 bits per heavy atom. The van der Waals surface area contributed by atoms with Gasteiger partial charge in [-0.25, -0.2) is 4.98 Å². The Balaban J connectivity index is 2.18. The number of hydrogen-bond donors (Lipinski definition) is 1. The number of nitrogen functional groups attached to an aromatic ring is 1. The number of thiazole rings is 1. The lowest BCUT2D eigenvalue weighted by Gasteiger charge is -1.93. The molecule has 2 rings (SSSR count). The molecule has 0 atom stereocenters. The summed E-state index contributed by atoms with van der Waals surface area (Å²) in [5.74, 6) is 0. The Hall–Kier alpha value is -1.68. The van der Waals surface area contributed by atoms with Crippen molar-refractivity contribution in [2.45, 2.75) is 6.92 Å². The molecule has 0 unspecified atom stereocenters. The van der Waals surface area contributed by atoms with Crippen molar-refractivity contribution < 1.29 is 0 Å². The Morgan fingerprint density at radius 1 is 1.20 bits per heavy atom. The molecule has 0 aliphatic rings. The molecule has 2 aromatic rings. The second-order valence-corrected chi connectivity index (χ2v) is 4.04. The van der Waals surface area contributed by atoms with Gasteiger partial charge in [0.1, 0.15) is 0 Å². The van der Waals surface area contributed by atoms with Gasteiger partial charge in [-0.05, 0) is 31.2 Å². The lowest BCUT2D eigenvalue weighted by molar-refractivity contribution is 1.18. The zero-order chi connectivity index (χ0) is 10.7. The predicted molar refractivity (Wildman–Crippen MR) is 64.4 cm³/mol. The monoisotopic (exact) mass is 217 g/mol. The van der Waals surface area contributed by atoms with Crippen molar-refractivity contribution in [2.24, 2.45) is 0 Å². The molecular weight excluding hydrogens is 206 g/mol. The highest BCUT2D eigenvalue weighted by Gasteiger charge is 1.94. The second kappa shape index (κ2) is 4.23. The van der Waals surface area contributed by atoms with Crippen LogP contribution in [0.4, 0.5) is 5.13 Å². The molecule has 0 bridgehead atoms. The standard InChI is InChI=1S/C11H11N3S/c1-8-3-2-4-9(13-8)5-6-10-7-15-11(12)14-10/h2-7H,1H3,(H2,12,14)/b6-5+. The van der Waals surface area contributed by atoms with Crippen molar-refractivity contribution in [3.63, 3.8) is 0 Å². The second-order valence-electron chi connectivity index (χ2n) is 3.15. The topological polar surface area (TPSA) is 51.8 Å². The van der Waals surface area contributed by atoms with E-state index in [2.05, 4.69) is 9.97 Å². The number of anilines is 1. The van der Waals surface area contributed by atoms with Crippen LogP contribution in [0, 0.1) is 6.92 Å². The van der Waals surface area contributed by atoms with Crippen LogP contribution in [-0.2, 0) is 0 Å². The van der Waals surface area contributed by atoms with Crippen LogP contribution >= 0.6 is 11.3 Å². The Labute approximate surface area is 92.3 Å². The molecule has 2 heterocycles. The molecule has 0 aliphatic heterocycles. The highest BCUT2D eigenvalue weighted by atomic mass is 32.1. The van der Waals surface area contributed by atoms with E-state index in [9.17, 15) is 0 Å². The molecule has 2 aromatic heterocycles. The SMILES string of the molecule is Cc1cccc(/C=C/c2csc(N)n2)n1. The summed E-state index contributed by atoms with van der Waals surface area (Å²) in [6.45, 7) is 1.97. The Morgan fingerprint density at radius 2 is 2.00 bits per heavy atom. The number of hydrogen-bond acceptors (Lipinski definition) is 4. The van der Waals surface area contributed by atoms with Gasteiger partial charge in [-0.3, -0.25) is 4.98 Å². The van der Waals surface area contributed by atoms with Gasteiger partial charge in [0.2, 0.25) is 0 Å². The van der Waals surface area contributed by atoms with E-state index >= 15 is 0 Å². The van der Waals surface area contributed by atoms with Crippen molar-refractivity contribution in [3.05, 3.63) is 40.7 Å². The van der Waals surface area contributed by atoms with Crippen LogP contribution in [0.1, 0.15) is 17.1 Å². The third kappa shape index (κ3) is 2.63. The van der Waals surface area contributed by atoms with Crippen molar-refractivity contribution in [2.75, 3.05) is 5.73 Å². The zero-order valence-electron chi connectivity index (χ0n) is 8.34. The molecule has 0 saturated carbocycles. The minimum atomic E-state index is 0.590. The molecule has 3 nitrogen and oxygen atoms in total. The van der Waals surface area contributed by atoms with E-state index in [4.69, 9.17) is 5.73 Å². The third-order valence-corrected chi connectivity index (χ3v) is 2.57. The fourth-order valence-electron chi connectivity index (χ4n) is 1.20. The molecular formula is C11H11N3S. The summed E-state index contributed by atoms with van der Waals surface area (Å²) < 4.78 is 0. The molecule has 0 radical (unpaired) electrons. The van der Waals surface area contributed by atoms with Gasteiger partial charge in [-0.15, -0.1) is 11.3 Å². The maximum absolute atomic E-state index is 5.53. The van der Waals surface area contributed by atoms with Crippen molar-refractivity contribution in [3.8, 4) is 0 Å². The number of aryl methyl sites for hydroxylation is 1. The van der Waals surface area contributed by atoms with Gasteiger partial charge in [0.05, 0.1) is 11.4 Å². The van der Waals surface area contributed by atoms with E-state index in [1.807, 2.05) is 42.7 Å². The summed E-state index contributed by atoms with van der Waals surface area (Å²) in [5.41, 5.74) is 8.35. The summed E-state index contributed by atoms with van der Waals surface area (Å²) in [5, 5.41) is 2.51. The molecule has 4 heteroatoms. The average Bonchev–Trinajstić information content (AvgIpc) is 2.62. The van der Waals surface area contributed by atoms with Crippen molar-refractivity contribution in [1.82, 2.24) is 9.97 Å². The molecule has 15 heavy (non-hydrogen) atoms. The van der Waals surface area contributed by atoms with Crippen LogP contribution in [-0.4, -0.2) is 9.97 Å². The molecule has 0 aliphatic carbocycles. The first-order valence-corrected chi connectivity index (χ1v) is 5.45. The van der Waals surface area contributed by atoms with Crippen molar-refractivity contribution >= 4 is 28.6 Å². The minimum absolute atomic E-state index is 0.590. The van der Waals surface area contributed by atoms with Gasteiger partial charge >= 0.3 is 0 Å². The van der Waals surface area contributed by atoms with Crippen LogP contribution in [0.25, 0.3) is 12.2 Å². The first kappa shape index (κ1) is 9.86. The van der Waals surface area contributed by atoms with E-state index in [1.54, 1.807) is 0 Å². The Kier molecular flexibility index (Phi) is 2.78. The number of pyridine rings is 1. The zero-order valence-corrected chi connectivity index (χ0v) is 9.16. The number of nitrogens with zero attached hydrogens (tertiary/aromatic N) is 2. The highest BCUT2D eigenvalue weighted by molar-refractivity contribution is 7.13. The lowest BCUT2D eigenvalue weighted by Crippen LogP contribution is -1.84. The number of rotatable bonds is 2. The van der Waals surface area contributed by atoms with Crippen LogP contribution in [0.3, 0.4) is 0 Å². The number of nitrogens with two attached hydrogens (primary N) is 1. The van der Waals surface area contributed by atoms with Crippen molar-refractivity contribution in [1.29, 1.82) is 0 Å². The molecule has 0 saturated heterocycles. The maximum atomic E-state index is 5.53. The summed E-state index contributed by atoms with van der Waals surface area (Å²) in [4.78, 5) is 8.48. The van der Waals surface area contributed by atoms with Gasteiger partial charge in [0, 0.05) is 11.1 Å². The van der Waals surface area contributed by atoms with Gasteiger partial charge in [0.15, 0.2) is 5.13 Å². The minimum Gasteiger partial charge on any atom is -0.375 e. The fraction of sp³-hybridized carbons (Fsp3) is 0.0909. The highest BCUT2D eigenvalue weighted by Crippen LogP contribution is 2.13. The summed E-state index contributed by atoms with van der Waals surface area (Å²) in [6.07, 6.45) is 3.84. The lowest BCUT2D eigenvalue weighted by atomic mass is 10.3. The normalized spacial score (nSPS) is 11.0. The Bertz CT molecular complexity index is 488. The van der Waals surface area contributed by atoms with E-state index in [1.165, 1.54) is 11.3 Å². The molecule has 76 valence electrons. The smallest absolute Gasteiger partial charge is 0.180 e. The molecule has 0 spiro atoms. The van der Waals surface area contributed by atoms with E-state index in [0.717, 1.165) is 17.1 Å². The molecule has 0 aromatic carbocycles. The summed E-state index contributed by atoms with van der Waals surface area (Å²) >= 11 is 1.44. The van der Waals surface area contributed by atoms with Gasteiger partial charge in [-0.1, -0.05) is 6.07 Å². The average molecular weight is 217 g/mol. The largest absolute Gasteiger partial charge is 0.375 e. The summed E-state index contributed by atoms with van der Waals surface area (Å²) in [7, 11) is 0. The van der Waals surface area contributed by atoms with Crippen LogP contribution in [0.2, 0.25) is 0 Å². The van der Waals surface area contributed by atoms with Gasteiger partial charge in [-0.2, -0.15) is 0 Å². The van der Waals surface area contributed by atoms with E-state index in [0.29, 0.717) is 5.13 Å². The van der Waals surface area contributed by atoms with Crippen LogP contribution in [0.5, 0.6) is 0 Å². The maximum Gasteiger partial charge on any atom is 0.180 e. The molecule has 0 fully saturated rings. The van der Waals surface area contributed by atoms with Gasteiger partial charge in [0.25, 0.3) is 0 Å².